The van der Waals surface area contributed by atoms with Gasteiger partial charge in [-0.05, 0) is 32.4 Å². The summed E-state index contributed by atoms with van der Waals surface area (Å²) in [4.78, 5) is 16.1. The van der Waals surface area contributed by atoms with Gasteiger partial charge in [0, 0.05) is 24.8 Å². The second kappa shape index (κ2) is 6.12. The molecule has 0 saturated carbocycles. The average molecular weight is 264 g/mol. The van der Waals surface area contributed by atoms with Crippen molar-refractivity contribution in [3.05, 3.63) is 29.1 Å². The number of nitrogens with one attached hydrogen (secondary N) is 1. The summed E-state index contributed by atoms with van der Waals surface area (Å²) in [5, 5.41) is 3.27. The van der Waals surface area contributed by atoms with Crippen LogP contribution in [0.15, 0.2) is 12.3 Å². The number of rotatable bonds is 3. The summed E-state index contributed by atoms with van der Waals surface area (Å²) >= 11 is 0. The molecule has 1 aromatic rings. The Kier molecular flexibility index (Phi) is 4.50. The van der Waals surface area contributed by atoms with Crippen molar-refractivity contribution in [2.24, 2.45) is 0 Å². The Labute approximate surface area is 113 Å². The van der Waals surface area contributed by atoms with Crippen LogP contribution in [0.2, 0.25) is 0 Å². The highest BCUT2D eigenvalue weighted by Gasteiger charge is 2.19. The molecule has 0 spiro atoms. The third-order valence-corrected chi connectivity index (χ3v) is 2.93. The first-order chi connectivity index (χ1) is 9.08. The molecule has 1 atom stereocenters. The van der Waals surface area contributed by atoms with Gasteiger partial charge in [0.05, 0.1) is 18.8 Å². The summed E-state index contributed by atoms with van der Waals surface area (Å²) in [6.45, 7) is 7.86. The summed E-state index contributed by atoms with van der Waals surface area (Å²) in [7, 11) is 0. The molecule has 2 rings (SSSR count). The Morgan fingerprint density at radius 3 is 2.95 bits per heavy atom. The van der Waals surface area contributed by atoms with Crippen molar-refractivity contribution in [1.29, 1.82) is 0 Å². The molecule has 1 fully saturated rings. The third-order valence-electron chi connectivity index (χ3n) is 2.93. The molecule has 2 heterocycles. The highest BCUT2D eigenvalue weighted by Crippen LogP contribution is 2.20. The molecule has 1 aromatic heterocycles. The first kappa shape index (κ1) is 14.0. The standard InChI is InChI=1S/C14H20N2O3/c1-9(2)19-14(17)13-10(3)6-11(7-16-13)12-8-15-4-5-18-12/h6-7,9,12,15H,4-5,8H2,1-3H3. The van der Waals surface area contributed by atoms with Gasteiger partial charge in [0.15, 0.2) is 5.69 Å². The quantitative estimate of drug-likeness (QED) is 0.841. The predicted octanol–water partition coefficient (Wildman–Crippen LogP) is 1.62. The van der Waals surface area contributed by atoms with E-state index in [1.54, 1.807) is 6.20 Å². The fraction of sp³-hybridized carbons (Fsp3) is 0.571. The molecule has 1 N–H and O–H groups in total. The smallest absolute Gasteiger partial charge is 0.357 e. The van der Waals surface area contributed by atoms with E-state index in [-0.39, 0.29) is 18.2 Å². The molecule has 0 radical (unpaired) electrons. The second-order valence-electron chi connectivity index (χ2n) is 4.95. The van der Waals surface area contributed by atoms with Gasteiger partial charge >= 0.3 is 5.97 Å². The average Bonchev–Trinajstić information content (AvgIpc) is 2.38. The molecule has 1 aliphatic heterocycles. The summed E-state index contributed by atoms with van der Waals surface area (Å²) in [5.74, 6) is -0.373. The van der Waals surface area contributed by atoms with Gasteiger partial charge in [0.25, 0.3) is 0 Å². The summed E-state index contributed by atoms with van der Waals surface area (Å²) < 4.78 is 10.8. The monoisotopic (exact) mass is 264 g/mol. The predicted molar refractivity (Wildman–Crippen MR) is 71.1 cm³/mol. The first-order valence-electron chi connectivity index (χ1n) is 6.57. The molecule has 19 heavy (non-hydrogen) atoms. The number of aromatic nitrogens is 1. The van der Waals surface area contributed by atoms with Crippen LogP contribution in [0.3, 0.4) is 0 Å². The van der Waals surface area contributed by atoms with Crippen LogP contribution in [0.25, 0.3) is 0 Å². The van der Waals surface area contributed by atoms with E-state index in [0.717, 1.165) is 24.2 Å². The van der Waals surface area contributed by atoms with Crippen molar-refractivity contribution in [1.82, 2.24) is 10.3 Å². The fourth-order valence-electron chi connectivity index (χ4n) is 2.04. The second-order valence-corrected chi connectivity index (χ2v) is 4.95. The van der Waals surface area contributed by atoms with Crippen LogP contribution in [-0.2, 0) is 9.47 Å². The molecule has 0 amide bonds. The van der Waals surface area contributed by atoms with E-state index >= 15 is 0 Å². The number of carbonyl (C=O) groups is 1. The maximum atomic E-state index is 11.8. The van der Waals surface area contributed by atoms with Crippen LogP contribution in [-0.4, -0.2) is 36.8 Å². The van der Waals surface area contributed by atoms with E-state index in [1.165, 1.54) is 0 Å². The normalized spacial score (nSPS) is 19.5. The zero-order valence-electron chi connectivity index (χ0n) is 11.6. The van der Waals surface area contributed by atoms with Gasteiger partial charge in [-0.3, -0.25) is 0 Å². The molecule has 104 valence electrons. The number of pyridine rings is 1. The van der Waals surface area contributed by atoms with Crippen molar-refractivity contribution >= 4 is 5.97 Å². The van der Waals surface area contributed by atoms with E-state index in [0.29, 0.717) is 12.3 Å². The SMILES string of the molecule is Cc1cc(C2CNCCO2)cnc1C(=O)OC(C)C. The lowest BCUT2D eigenvalue weighted by Gasteiger charge is -2.24. The summed E-state index contributed by atoms with van der Waals surface area (Å²) in [5.41, 5.74) is 2.18. The van der Waals surface area contributed by atoms with Gasteiger partial charge in [-0.1, -0.05) is 0 Å². The molecule has 0 bridgehead atoms. The molecule has 1 aliphatic rings. The number of esters is 1. The van der Waals surface area contributed by atoms with Crippen molar-refractivity contribution in [3.63, 3.8) is 0 Å². The maximum absolute atomic E-state index is 11.8. The number of aryl methyl sites for hydroxylation is 1. The lowest BCUT2D eigenvalue weighted by molar-refractivity contribution is 0.0271. The first-order valence-corrected chi connectivity index (χ1v) is 6.57. The summed E-state index contributed by atoms with van der Waals surface area (Å²) in [6.07, 6.45) is 1.57. The lowest BCUT2D eigenvalue weighted by Crippen LogP contribution is -2.33. The van der Waals surface area contributed by atoms with Crippen molar-refractivity contribution < 1.29 is 14.3 Å². The van der Waals surface area contributed by atoms with Crippen LogP contribution in [0.5, 0.6) is 0 Å². The Bertz CT molecular complexity index is 454. The summed E-state index contributed by atoms with van der Waals surface area (Å²) in [6, 6.07) is 1.95. The highest BCUT2D eigenvalue weighted by atomic mass is 16.5. The number of carbonyl (C=O) groups excluding carboxylic acids is 1. The molecule has 1 saturated heterocycles. The van der Waals surface area contributed by atoms with E-state index in [9.17, 15) is 4.79 Å². The number of nitrogens with zero attached hydrogens (tertiary/aromatic N) is 1. The van der Waals surface area contributed by atoms with Crippen LogP contribution in [0.4, 0.5) is 0 Å². The van der Waals surface area contributed by atoms with Crippen molar-refractivity contribution in [3.8, 4) is 0 Å². The highest BCUT2D eigenvalue weighted by molar-refractivity contribution is 5.88. The molecule has 5 nitrogen and oxygen atoms in total. The van der Waals surface area contributed by atoms with E-state index in [2.05, 4.69) is 10.3 Å². The van der Waals surface area contributed by atoms with Crippen LogP contribution < -0.4 is 5.32 Å². The van der Waals surface area contributed by atoms with E-state index < -0.39 is 0 Å². The number of morpholine rings is 1. The number of ether oxygens (including phenoxy) is 2. The van der Waals surface area contributed by atoms with Crippen molar-refractivity contribution in [2.45, 2.75) is 33.0 Å². The van der Waals surface area contributed by atoms with Gasteiger partial charge < -0.3 is 14.8 Å². The molecule has 1 unspecified atom stereocenters. The minimum absolute atomic E-state index is 0.00937. The number of hydrogen-bond donors (Lipinski definition) is 1. The van der Waals surface area contributed by atoms with Crippen LogP contribution >= 0.6 is 0 Å². The molecular formula is C14H20N2O3. The molecular weight excluding hydrogens is 244 g/mol. The van der Waals surface area contributed by atoms with E-state index in [4.69, 9.17) is 9.47 Å². The van der Waals surface area contributed by atoms with E-state index in [1.807, 2.05) is 26.8 Å². The molecule has 5 heteroatoms. The Balaban J connectivity index is 2.14. The molecule has 0 aliphatic carbocycles. The topological polar surface area (TPSA) is 60.5 Å². The van der Waals surface area contributed by atoms with Crippen LogP contribution in [0.1, 0.15) is 41.6 Å². The van der Waals surface area contributed by atoms with Gasteiger partial charge in [0.2, 0.25) is 0 Å². The van der Waals surface area contributed by atoms with Gasteiger partial charge in [-0.25, -0.2) is 9.78 Å². The Hall–Kier alpha value is -1.46. The minimum Gasteiger partial charge on any atom is -0.458 e. The lowest BCUT2D eigenvalue weighted by atomic mass is 10.1. The maximum Gasteiger partial charge on any atom is 0.357 e. The van der Waals surface area contributed by atoms with Crippen molar-refractivity contribution in [2.75, 3.05) is 19.7 Å². The number of hydrogen-bond acceptors (Lipinski definition) is 5. The minimum atomic E-state index is -0.373. The zero-order chi connectivity index (χ0) is 13.8. The molecule has 0 aromatic carbocycles. The Morgan fingerprint density at radius 1 is 1.58 bits per heavy atom. The fourth-order valence-corrected chi connectivity index (χ4v) is 2.04. The van der Waals surface area contributed by atoms with Crippen LogP contribution in [0, 0.1) is 6.92 Å². The van der Waals surface area contributed by atoms with Gasteiger partial charge in [-0.15, -0.1) is 0 Å². The van der Waals surface area contributed by atoms with Gasteiger partial charge in [0.1, 0.15) is 0 Å². The third kappa shape index (κ3) is 3.52. The van der Waals surface area contributed by atoms with Gasteiger partial charge in [-0.2, -0.15) is 0 Å². The Morgan fingerprint density at radius 2 is 2.37 bits per heavy atom. The zero-order valence-corrected chi connectivity index (χ0v) is 11.6. The largest absolute Gasteiger partial charge is 0.458 e.